The zero-order valence-corrected chi connectivity index (χ0v) is 14.2. The fourth-order valence-electron chi connectivity index (χ4n) is 1.37. The fraction of sp³-hybridized carbons (Fsp3) is 0. The zero-order valence-electron chi connectivity index (χ0n) is 9.57. The number of nitrogens with zero attached hydrogens (tertiary/aromatic N) is 1. The minimum atomic E-state index is -3.85. The number of halogens is 4. The largest absolute Gasteiger partial charge is 0.277 e. The molecule has 0 saturated carbocycles. The van der Waals surface area contributed by atoms with E-state index in [9.17, 15) is 8.42 Å². The normalized spacial score (nSPS) is 11.4. The maximum atomic E-state index is 12.2. The Morgan fingerprint density at radius 1 is 1.05 bits per heavy atom. The lowest BCUT2D eigenvalue weighted by molar-refractivity contribution is 0.600. The van der Waals surface area contributed by atoms with Gasteiger partial charge in [-0.05, 0) is 34.1 Å². The van der Waals surface area contributed by atoms with Crippen LogP contribution in [0.25, 0.3) is 0 Å². The molecule has 2 rings (SSSR count). The summed E-state index contributed by atoms with van der Waals surface area (Å²) in [7, 11) is -3.85. The van der Waals surface area contributed by atoms with E-state index in [-0.39, 0.29) is 20.6 Å². The Kier molecular flexibility index (Phi) is 4.81. The Hall–Kier alpha value is -0.530. The lowest BCUT2D eigenvalue weighted by Gasteiger charge is -2.11. The summed E-state index contributed by atoms with van der Waals surface area (Å²) in [5.41, 5.74) is 0.0673. The maximum Gasteiger partial charge on any atom is 0.263 e. The lowest BCUT2D eigenvalue weighted by Crippen LogP contribution is -2.14. The van der Waals surface area contributed by atoms with Crippen LogP contribution in [0.1, 0.15) is 0 Å². The van der Waals surface area contributed by atoms with Crippen LogP contribution in [0.2, 0.25) is 15.1 Å². The number of rotatable bonds is 3. The van der Waals surface area contributed by atoms with E-state index in [0.717, 1.165) is 0 Å². The van der Waals surface area contributed by atoms with Crippen LogP contribution in [0.5, 0.6) is 0 Å². The second-order valence-corrected chi connectivity index (χ2v) is 7.54. The molecule has 2 aromatic rings. The monoisotopic (exact) mass is 414 g/mol. The number of aromatic nitrogens is 1. The van der Waals surface area contributed by atoms with Gasteiger partial charge in [0.15, 0.2) is 0 Å². The van der Waals surface area contributed by atoms with E-state index in [1.54, 1.807) is 0 Å². The highest BCUT2D eigenvalue weighted by Gasteiger charge is 2.19. The van der Waals surface area contributed by atoms with Crippen LogP contribution in [-0.2, 0) is 10.0 Å². The van der Waals surface area contributed by atoms with Crippen LogP contribution < -0.4 is 4.72 Å². The molecular formula is C11H6BrCl3N2O2S. The predicted octanol–water partition coefficient (Wildman–Crippen LogP) is 4.61. The summed E-state index contributed by atoms with van der Waals surface area (Å²) in [5.74, 6) is 0. The Balaban J connectivity index is 2.44. The molecule has 4 nitrogen and oxygen atoms in total. The van der Waals surface area contributed by atoms with Crippen LogP contribution in [0.15, 0.2) is 40.0 Å². The van der Waals surface area contributed by atoms with Crippen molar-refractivity contribution in [1.82, 2.24) is 4.98 Å². The van der Waals surface area contributed by atoms with Gasteiger partial charge in [0.1, 0.15) is 4.90 Å². The summed E-state index contributed by atoms with van der Waals surface area (Å²) in [4.78, 5) is 3.78. The number of sulfonamides is 1. The van der Waals surface area contributed by atoms with Crippen molar-refractivity contribution >= 4 is 66.4 Å². The molecule has 0 aliphatic carbocycles. The van der Waals surface area contributed by atoms with Gasteiger partial charge in [-0.1, -0.05) is 34.8 Å². The summed E-state index contributed by atoms with van der Waals surface area (Å²) < 4.78 is 27.3. The Bertz CT molecular complexity index is 745. The van der Waals surface area contributed by atoms with Gasteiger partial charge in [-0.15, -0.1) is 0 Å². The smallest absolute Gasteiger partial charge is 0.263 e. The van der Waals surface area contributed by atoms with E-state index in [4.69, 9.17) is 34.8 Å². The molecule has 20 heavy (non-hydrogen) atoms. The first-order valence-electron chi connectivity index (χ1n) is 5.07. The molecule has 1 heterocycles. The van der Waals surface area contributed by atoms with Gasteiger partial charge >= 0.3 is 0 Å². The zero-order chi connectivity index (χ0) is 14.9. The van der Waals surface area contributed by atoms with E-state index >= 15 is 0 Å². The standard InChI is InChI=1S/C11H6BrCl3N2O2S/c12-6-1-8(5-16-4-6)20(18,19)17-11-9(14)2-7(13)3-10(11)15/h1-5,17H. The van der Waals surface area contributed by atoms with Gasteiger partial charge in [0, 0.05) is 21.9 Å². The molecule has 0 bridgehead atoms. The van der Waals surface area contributed by atoms with E-state index in [0.29, 0.717) is 9.50 Å². The molecule has 1 aromatic carbocycles. The second kappa shape index (κ2) is 6.07. The van der Waals surface area contributed by atoms with Crippen LogP contribution in [-0.4, -0.2) is 13.4 Å². The van der Waals surface area contributed by atoms with Gasteiger partial charge in [-0.3, -0.25) is 9.71 Å². The van der Waals surface area contributed by atoms with Gasteiger partial charge in [0.25, 0.3) is 10.0 Å². The number of hydrogen-bond donors (Lipinski definition) is 1. The Morgan fingerprint density at radius 2 is 1.65 bits per heavy atom. The van der Waals surface area contributed by atoms with Crippen molar-refractivity contribution in [3.63, 3.8) is 0 Å². The van der Waals surface area contributed by atoms with Crippen LogP contribution in [0.4, 0.5) is 5.69 Å². The highest BCUT2D eigenvalue weighted by atomic mass is 79.9. The third-order valence-corrected chi connectivity index (χ3v) is 4.80. The first-order chi connectivity index (χ1) is 9.29. The number of nitrogens with one attached hydrogen (secondary N) is 1. The minimum absolute atomic E-state index is 0.0195. The average molecular weight is 417 g/mol. The molecule has 106 valence electrons. The van der Waals surface area contributed by atoms with Gasteiger partial charge in [-0.25, -0.2) is 8.42 Å². The van der Waals surface area contributed by atoms with Gasteiger partial charge in [0.05, 0.1) is 15.7 Å². The first-order valence-corrected chi connectivity index (χ1v) is 8.48. The van der Waals surface area contributed by atoms with Crippen LogP contribution in [0.3, 0.4) is 0 Å². The highest BCUT2D eigenvalue weighted by molar-refractivity contribution is 9.10. The van der Waals surface area contributed by atoms with Gasteiger partial charge in [0.2, 0.25) is 0 Å². The maximum absolute atomic E-state index is 12.2. The third-order valence-electron chi connectivity index (χ3n) is 2.23. The predicted molar refractivity (Wildman–Crippen MR) is 84.2 cm³/mol. The quantitative estimate of drug-likeness (QED) is 0.795. The summed E-state index contributed by atoms with van der Waals surface area (Å²) in [6.45, 7) is 0. The van der Waals surface area contributed by atoms with Crippen molar-refractivity contribution in [2.24, 2.45) is 0 Å². The number of benzene rings is 1. The van der Waals surface area contributed by atoms with Crippen molar-refractivity contribution in [2.45, 2.75) is 4.90 Å². The van der Waals surface area contributed by atoms with Crippen LogP contribution in [0, 0.1) is 0 Å². The van der Waals surface area contributed by atoms with E-state index in [1.165, 1.54) is 30.6 Å². The van der Waals surface area contributed by atoms with Gasteiger partial charge < -0.3 is 0 Å². The SMILES string of the molecule is O=S(=O)(Nc1c(Cl)cc(Cl)cc1Cl)c1cncc(Br)c1. The average Bonchev–Trinajstić information content (AvgIpc) is 2.34. The van der Waals surface area contributed by atoms with E-state index < -0.39 is 10.0 Å². The number of anilines is 1. The van der Waals surface area contributed by atoms with E-state index in [2.05, 4.69) is 25.6 Å². The molecule has 0 unspecified atom stereocenters. The molecule has 1 N–H and O–H groups in total. The summed E-state index contributed by atoms with van der Waals surface area (Å²) in [5, 5.41) is 0.523. The molecule has 0 fully saturated rings. The molecule has 0 radical (unpaired) electrons. The van der Waals surface area contributed by atoms with Crippen molar-refractivity contribution in [3.8, 4) is 0 Å². The Labute approximate surface area is 139 Å². The highest BCUT2D eigenvalue weighted by Crippen LogP contribution is 2.35. The molecule has 0 amide bonds. The first kappa shape index (κ1) is 15.9. The number of pyridine rings is 1. The van der Waals surface area contributed by atoms with Crippen molar-refractivity contribution in [3.05, 3.63) is 50.1 Å². The molecule has 0 aliphatic rings. The van der Waals surface area contributed by atoms with Crippen LogP contribution >= 0.6 is 50.7 Å². The number of hydrogen-bond acceptors (Lipinski definition) is 3. The lowest BCUT2D eigenvalue weighted by atomic mass is 10.3. The summed E-state index contributed by atoms with van der Waals surface area (Å²) in [6, 6.07) is 4.20. The van der Waals surface area contributed by atoms with E-state index in [1.807, 2.05) is 0 Å². The third kappa shape index (κ3) is 3.56. The molecule has 9 heteroatoms. The minimum Gasteiger partial charge on any atom is -0.277 e. The molecule has 1 aromatic heterocycles. The summed E-state index contributed by atoms with van der Waals surface area (Å²) >= 11 is 20.8. The molecule has 0 aliphatic heterocycles. The Morgan fingerprint density at radius 3 is 2.20 bits per heavy atom. The van der Waals surface area contributed by atoms with Crippen molar-refractivity contribution < 1.29 is 8.42 Å². The summed E-state index contributed by atoms with van der Waals surface area (Å²) in [6.07, 6.45) is 2.69. The molecule has 0 atom stereocenters. The second-order valence-electron chi connectivity index (χ2n) is 3.69. The molecule has 0 saturated heterocycles. The van der Waals surface area contributed by atoms with Crippen molar-refractivity contribution in [2.75, 3.05) is 4.72 Å². The molecular weight excluding hydrogens is 410 g/mol. The van der Waals surface area contributed by atoms with Gasteiger partial charge in [-0.2, -0.15) is 0 Å². The fourth-order valence-corrected chi connectivity index (χ4v) is 4.00. The molecule has 0 spiro atoms. The topological polar surface area (TPSA) is 59.1 Å². The van der Waals surface area contributed by atoms with Crippen molar-refractivity contribution in [1.29, 1.82) is 0 Å².